The summed E-state index contributed by atoms with van der Waals surface area (Å²) >= 11 is 0. The van der Waals surface area contributed by atoms with Gasteiger partial charge in [-0.1, -0.05) is 18.2 Å². The molecule has 112 valence electrons. The van der Waals surface area contributed by atoms with E-state index >= 15 is 0 Å². The molecule has 7 heteroatoms. The van der Waals surface area contributed by atoms with Crippen LogP contribution in [0.1, 0.15) is 5.56 Å². The summed E-state index contributed by atoms with van der Waals surface area (Å²) in [5.74, 6) is 0.237. The molecule has 0 aliphatic carbocycles. The van der Waals surface area contributed by atoms with Gasteiger partial charge in [0.25, 0.3) is 5.56 Å². The zero-order valence-corrected chi connectivity index (χ0v) is 12.6. The van der Waals surface area contributed by atoms with E-state index in [4.69, 9.17) is 0 Å². The van der Waals surface area contributed by atoms with Crippen LogP contribution in [0.15, 0.2) is 40.4 Å². The second-order valence-corrected chi connectivity index (χ2v) is 5.17. The summed E-state index contributed by atoms with van der Waals surface area (Å²) in [6.45, 7) is 1.98. The van der Waals surface area contributed by atoms with Gasteiger partial charge in [-0.25, -0.2) is 9.98 Å². The van der Waals surface area contributed by atoms with Gasteiger partial charge in [0.05, 0.1) is 12.0 Å². The number of hydrogen-bond acceptors (Lipinski definition) is 4. The molecule has 0 radical (unpaired) electrons. The number of nitrogens with zero attached hydrogens (tertiary/aromatic N) is 5. The van der Waals surface area contributed by atoms with Crippen LogP contribution < -0.4 is 5.56 Å². The third-order valence-electron chi connectivity index (χ3n) is 3.19. The highest BCUT2D eigenvalue weighted by atomic mass is 16.1. The largest absolute Gasteiger partial charge is 0.369 e. The van der Waals surface area contributed by atoms with E-state index < -0.39 is 0 Å². The molecule has 3 rings (SSSR count). The van der Waals surface area contributed by atoms with Crippen molar-refractivity contribution in [2.45, 2.75) is 6.92 Å². The van der Waals surface area contributed by atoms with Crippen molar-refractivity contribution in [1.29, 1.82) is 0 Å². The van der Waals surface area contributed by atoms with Gasteiger partial charge >= 0.3 is 0 Å². The average molecular weight is 296 g/mol. The minimum atomic E-state index is -0.267. The highest BCUT2D eigenvalue weighted by molar-refractivity contribution is 5.74. The second-order valence-electron chi connectivity index (χ2n) is 5.17. The van der Waals surface area contributed by atoms with E-state index in [1.165, 1.54) is 0 Å². The van der Waals surface area contributed by atoms with Gasteiger partial charge in [0.1, 0.15) is 6.33 Å². The maximum Gasteiger partial charge on any atom is 0.279 e. The first-order valence-electron chi connectivity index (χ1n) is 6.80. The number of hydrogen-bond donors (Lipinski definition) is 1. The maximum atomic E-state index is 12.4. The normalized spacial score (nSPS) is 11.4. The molecule has 2 aromatic heterocycles. The smallest absolute Gasteiger partial charge is 0.279 e. The molecule has 0 spiro atoms. The van der Waals surface area contributed by atoms with E-state index in [1.54, 1.807) is 22.1 Å². The Bertz CT molecular complexity index is 906. The molecule has 2 heterocycles. The highest BCUT2D eigenvalue weighted by Crippen LogP contribution is 2.18. The van der Waals surface area contributed by atoms with Gasteiger partial charge in [-0.15, -0.1) is 0 Å². The lowest BCUT2D eigenvalue weighted by Crippen LogP contribution is -2.12. The standard InChI is InChI=1S/C15H16N6O/c1-10-6-4-5-7-11(10)21-9-16-13-12(21)14(22)19-15(18-13)17-8-20(2)3/h4-9H,1-3H3,(H,18,19,22)/b17-8+. The molecule has 0 unspecified atom stereocenters. The fourth-order valence-corrected chi connectivity index (χ4v) is 2.17. The molecule has 7 nitrogen and oxygen atoms in total. The van der Waals surface area contributed by atoms with Crippen LogP contribution in [0.2, 0.25) is 0 Å². The fourth-order valence-electron chi connectivity index (χ4n) is 2.17. The van der Waals surface area contributed by atoms with Gasteiger partial charge in [0, 0.05) is 14.1 Å². The lowest BCUT2D eigenvalue weighted by molar-refractivity contribution is 0.642. The molecular weight excluding hydrogens is 280 g/mol. The van der Waals surface area contributed by atoms with Crippen LogP contribution in [0.4, 0.5) is 5.95 Å². The molecule has 22 heavy (non-hydrogen) atoms. The molecule has 1 N–H and O–H groups in total. The Hall–Kier alpha value is -2.96. The SMILES string of the molecule is Cc1ccccc1-n1cnc2nc(/N=C/N(C)C)[nH]c(=O)c21. The molecule has 0 amide bonds. The van der Waals surface area contributed by atoms with Crippen molar-refractivity contribution in [2.24, 2.45) is 4.99 Å². The number of fused-ring (bicyclic) bond motifs is 1. The molecule has 0 atom stereocenters. The van der Waals surface area contributed by atoms with Crippen molar-refractivity contribution in [3.8, 4) is 5.69 Å². The van der Waals surface area contributed by atoms with Crippen LogP contribution in [0.3, 0.4) is 0 Å². The molecule has 0 aliphatic rings. The third-order valence-corrected chi connectivity index (χ3v) is 3.19. The summed E-state index contributed by atoms with van der Waals surface area (Å²) in [6.07, 6.45) is 3.18. The molecule has 1 aromatic carbocycles. The van der Waals surface area contributed by atoms with E-state index in [-0.39, 0.29) is 11.5 Å². The van der Waals surface area contributed by atoms with E-state index in [0.29, 0.717) is 11.2 Å². The highest BCUT2D eigenvalue weighted by Gasteiger charge is 2.12. The van der Waals surface area contributed by atoms with Crippen LogP contribution in [0.5, 0.6) is 0 Å². The minimum absolute atomic E-state index is 0.237. The van der Waals surface area contributed by atoms with Gasteiger partial charge < -0.3 is 4.90 Å². The Morgan fingerprint density at radius 2 is 2.09 bits per heavy atom. The Labute approximate surface area is 127 Å². The number of benzene rings is 1. The predicted molar refractivity (Wildman–Crippen MR) is 86.1 cm³/mol. The van der Waals surface area contributed by atoms with Gasteiger partial charge in [-0.3, -0.25) is 14.3 Å². The summed E-state index contributed by atoms with van der Waals surface area (Å²) in [7, 11) is 3.68. The van der Waals surface area contributed by atoms with Crippen molar-refractivity contribution >= 4 is 23.5 Å². The van der Waals surface area contributed by atoms with Gasteiger partial charge in [0.15, 0.2) is 11.2 Å². The van der Waals surface area contributed by atoms with Crippen LogP contribution >= 0.6 is 0 Å². The fraction of sp³-hybridized carbons (Fsp3) is 0.200. The average Bonchev–Trinajstić information content (AvgIpc) is 2.90. The van der Waals surface area contributed by atoms with Crippen molar-refractivity contribution < 1.29 is 0 Å². The Balaban J connectivity index is 2.17. The Morgan fingerprint density at radius 3 is 2.82 bits per heavy atom. The number of imidazole rings is 1. The van der Waals surface area contributed by atoms with Crippen molar-refractivity contribution in [3.05, 3.63) is 46.5 Å². The number of rotatable bonds is 3. The molecular formula is C15H16N6O. The first kappa shape index (κ1) is 14.0. The zero-order chi connectivity index (χ0) is 15.7. The number of H-pyrrole nitrogens is 1. The Morgan fingerprint density at radius 1 is 1.32 bits per heavy atom. The topological polar surface area (TPSA) is 79.2 Å². The van der Waals surface area contributed by atoms with E-state index in [9.17, 15) is 4.79 Å². The molecule has 0 saturated heterocycles. The van der Waals surface area contributed by atoms with Crippen molar-refractivity contribution in [1.82, 2.24) is 24.4 Å². The number of aryl methyl sites for hydroxylation is 1. The molecule has 0 fully saturated rings. The summed E-state index contributed by atoms with van der Waals surface area (Å²) in [5, 5.41) is 0. The van der Waals surface area contributed by atoms with Crippen LogP contribution in [0.25, 0.3) is 16.9 Å². The number of aliphatic imine (C=N–C) groups is 1. The van der Waals surface area contributed by atoms with Gasteiger partial charge in [-0.2, -0.15) is 4.98 Å². The molecule has 0 bridgehead atoms. The van der Waals surface area contributed by atoms with Gasteiger partial charge in [-0.05, 0) is 18.6 Å². The first-order chi connectivity index (χ1) is 10.6. The van der Waals surface area contributed by atoms with E-state index in [2.05, 4.69) is 19.9 Å². The first-order valence-corrected chi connectivity index (χ1v) is 6.80. The quantitative estimate of drug-likeness (QED) is 0.588. The van der Waals surface area contributed by atoms with Crippen LogP contribution in [0, 0.1) is 6.92 Å². The van der Waals surface area contributed by atoms with Crippen LogP contribution in [-0.2, 0) is 0 Å². The summed E-state index contributed by atoms with van der Waals surface area (Å²) in [4.78, 5) is 29.4. The maximum absolute atomic E-state index is 12.4. The third kappa shape index (κ3) is 2.48. The molecule has 0 aliphatic heterocycles. The van der Waals surface area contributed by atoms with Gasteiger partial charge in [0.2, 0.25) is 5.95 Å². The lowest BCUT2D eigenvalue weighted by atomic mass is 10.2. The van der Waals surface area contributed by atoms with Crippen molar-refractivity contribution in [2.75, 3.05) is 14.1 Å². The minimum Gasteiger partial charge on any atom is -0.369 e. The zero-order valence-electron chi connectivity index (χ0n) is 12.6. The molecule has 0 saturated carbocycles. The van der Waals surface area contributed by atoms with E-state index in [0.717, 1.165) is 11.3 Å². The van der Waals surface area contributed by atoms with Crippen molar-refractivity contribution in [3.63, 3.8) is 0 Å². The van der Waals surface area contributed by atoms with E-state index in [1.807, 2.05) is 45.3 Å². The summed E-state index contributed by atoms with van der Waals surface area (Å²) < 4.78 is 1.75. The lowest BCUT2D eigenvalue weighted by Gasteiger charge is -2.07. The number of para-hydroxylation sites is 1. The summed E-state index contributed by atoms with van der Waals surface area (Å²) in [5.41, 5.74) is 2.48. The monoisotopic (exact) mass is 296 g/mol. The van der Waals surface area contributed by atoms with Crippen LogP contribution in [-0.4, -0.2) is 44.9 Å². The number of nitrogens with one attached hydrogen (secondary N) is 1. The second kappa shape index (κ2) is 5.44. The number of aromatic nitrogens is 4. The summed E-state index contributed by atoms with van der Waals surface area (Å²) in [6, 6.07) is 7.80. The molecule has 3 aromatic rings. The predicted octanol–water partition coefficient (Wildman–Crippen LogP) is 1.64. The number of aromatic amines is 1. The Kier molecular flexibility index (Phi) is 3.46.